The Kier molecular flexibility index (Phi) is 5.36. The quantitative estimate of drug-likeness (QED) is 0.260. The Balaban J connectivity index is 3.13. The first kappa shape index (κ1) is 8.90. The van der Waals surface area contributed by atoms with E-state index in [-0.39, 0.29) is 6.61 Å². The van der Waals surface area contributed by atoms with E-state index in [0.717, 1.165) is 0 Å². The SMILES string of the molecule is CCNC(=O)OOCC=O. The number of hydrogen-bond acceptors (Lipinski definition) is 4. The first-order valence-corrected chi connectivity index (χ1v) is 2.82. The molecule has 0 aromatic rings. The molecule has 0 aliphatic heterocycles. The van der Waals surface area contributed by atoms with Crippen LogP contribution in [0.2, 0.25) is 0 Å². The highest BCUT2D eigenvalue weighted by Gasteiger charge is 1.97. The number of carbonyl (C=O) groups excluding carboxylic acids is 2. The lowest BCUT2D eigenvalue weighted by molar-refractivity contribution is -0.231. The van der Waals surface area contributed by atoms with E-state index in [2.05, 4.69) is 15.1 Å². The smallest absolute Gasteiger partial charge is 0.319 e. The summed E-state index contributed by atoms with van der Waals surface area (Å²) in [7, 11) is 0. The zero-order chi connectivity index (χ0) is 7.82. The summed E-state index contributed by atoms with van der Waals surface area (Å²) in [6.45, 7) is 1.96. The van der Waals surface area contributed by atoms with Crippen molar-refractivity contribution in [1.82, 2.24) is 5.32 Å². The van der Waals surface area contributed by atoms with Crippen molar-refractivity contribution in [2.24, 2.45) is 0 Å². The Morgan fingerprint density at radius 3 is 2.90 bits per heavy atom. The Morgan fingerprint density at radius 1 is 1.70 bits per heavy atom. The zero-order valence-electron chi connectivity index (χ0n) is 5.62. The van der Waals surface area contributed by atoms with E-state index in [0.29, 0.717) is 12.8 Å². The topological polar surface area (TPSA) is 64.6 Å². The molecule has 0 radical (unpaired) electrons. The van der Waals surface area contributed by atoms with E-state index in [4.69, 9.17) is 0 Å². The van der Waals surface area contributed by atoms with Crippen LogP contribution in [-0.4, -0.2) is 25.5 Å². The lowest BCUT2D eigenvalue weighted by atomic mass is 10.8. The lowest BCUT2D eigenvalue weighted by Crippen LogP contribution is -2.24. The number of amides is 1. The molecule has 0 heterocycles. The van der Waals surface area contributed by atoms with Crippen LogP contribution >= 0.6 is 0 Å². The number of nitrogens with one attached hydrogen (secondary N) is 1. The molecule has 0 fully saturated rings. The summed E-state index contributed by atoms with van der Waals surface area (Å²) in [5.74, 6) is 0. The van der Waals surface area contributed by atoms with Crippen LogP contribution < -0.4 is 5.32 Å². The van der Waals surface area contributed by atoms with Crippen LogP contribution in [0.5, 0.6) is 0 Å². The molecule has 0 bridgehead atoms. The van der Waals surface area contributed by atoms with Gasteiger partial charge in [-0.1, -0.05) is 0 Å². The standard InChI is InChI=1S/C5H9NO4/c1-2-6-5(8)10-9-4-3-7/h3H,2,4H2,1H3,(H,6,8). The largest absolute Gasteiger partial charge is 0.438 e. The van der Waals surface area contributed by atoms with E-state index < -0.39 is 6.09 Å². The normalized spacial score (nSPS) is 8.50. The van der Waals surface area contributed by atoms with Gasteiger partial charge in [-0.25, -0.2) is 4.79 Å². The third kappa shape index (κ3) is 5.04. The molecule has 0 saturated carbocycles. The third-order valence-electron chi connectivity index (χ3n) is 0.592. The second-order valence-electron chi connectivity index (χ2n) is 1.35. The van der Waals surface area contributed by atoms with Gasteiger partial charge in [-0.15, -0.1) is 0 Å². The van der Waals surface area contributed by atoms with Crippen LogP contribution in [0, 0.1) is 0 Å². The molecule has 0 aromatic heterocycles. The van der Waals surface area contributed by atoms with E-state index >= 15 is 0 Å². The van der Waals surface area contributed by atoms with Crippen molar-refractivity contribution in [1.29, 1.82) is 0 Å². The van der Waals surface area contributed by atoms with Gasteiger partial charge in [0.1, 0.15) is 12.9 Å². The third-order valence-corrected chi connectivity index (χ3v) is 0.592. The van der Waals surface area contributed by atoms with Crippen molar-refractivity contribution in [3.63, 3.8) is 0 Å². The maximum Gasteiger partial charge on any atom is 0.438 e. The zero-order valence-corrected chi connectivity index (χ0v) is 5.62. The van der Waals surface area contributed by atoms with Gasteiger partial charge in [-0.05, 0) is 6.92 Å². The number of aldehydes is 1. The minimum absolute atomic E-state index is 0.239. The van der Waals surface area contributed by atoms with Gasteiger partial charge in [0.05, 0.1) is 0 Å². The molecule has 1 amide bonds. The molecule has 0 saturated heterocycles. The predicted molar refractivity (Wildman–Crippen MR) is 32.2 cm³/mol. The first-order chi connectivity index (χ1) is 4.81. The molecule has 0 aliphatic rings. The van der Waals surface area contributed by atoms with E-state index in [1.807, 2.05) is 0 Å². The van der Waals surface area contributed by atoms with Gasteiger partial charge < -0.3 is 10.1 Å². The first-order valence-electron chi connectivity index (χ1n) is 2.82. The van der Waals surface area contributed by atoms with Crippen LogP contribution in [0.1, 0.15) is 6.92 Å². The minimum Gasteiger partial charge on any atom is -0.319 e. The number of rotatable bonds is 4. The summed E-state index contributed by atoms with van der Waals surface area (Å²) in [5, 5.41) is 2.30. The van der Waals surface area contributed by atoms with Gasteiger partial charge in [0, 0.05) is 6.54 Å². The molecule has 10 heavy (non-hydrogen) atoms. The van der Waals surface area contributed by atoms with E-state index in [9.17, 15) is 9.59 Å². The van der Waals surface area contributed by atoms with Gasteiger partial charge in [0.15, 0.2) is 0 Å². The van der Waals surface area contributed by atoms with Crippen LogP contribution in [0.3, 0.4) is 0 Å². The average molecular weight is 147 g/mol. The summed E-state index contributed by atoms with van der Waals surface area (Å²) in [5.41, 5.74) is 0. The molecule has 1 N–H and O–H groups in total. The van der Waals surface area contributed by atoms with Crippen molar-refractivity contribution in [2.45, 2.75) is 6.92 Å². The Hall–Kier alpha value is -1.10. The number of hydrogen-bond donors (Lipinski definition) is 1. The molecule has 0 rings (SSSR count). The highest BCUT2D eigenvalue weighted by Crippen LogP contribution is 1.77. The monoisotopic (exact) mass is 147 g/mol. The van der Waals surface area contributed by atoms with Gasteiger partial charge >= 0.3 is 6.09 Å². The maximum absolute atomic E-state index is 10.3. The van der Waals surface area contributed by atoms with Crippen LogP contribution in [0.15, 0.2) is 0 Å². The Morgan fingerprint density at radius 2 is 2.40 bits per heavy atom. The van der Waals surface area contributed by atoms with Crippen LogP contribution in [0.4, 0.5) is 4.79 Å². The number of carbonyl (C=O) groups is 2. The Bertz CT molecular complexity index is 114. The lowest BCUT2D eigenvalue weighted by Gasteiger charge is -1.99. The molecule has 0 aromatic carbocycles. The summed E-state index contributed by atoms with van der Waals surface area (Å²) < 4.78 is 0. The second-order valence-corrected chi connectivity index (χ2v) is 1.35. The maximum atomic E-state index is 10.3. The summed E-state index contributed by atoms with van der Waals surface area (Å²) >= 11 is 0. The van der Waals surface area contributed by atoms with E-state index in [1.54, 1.807) is 6.92 Å². The van der Waals surface area contributed by atoms with Crippen molar-refractivity contribution in [3.05, 3.63) is 0 Å². The summed E-state index contributed by atoms with van der Waals surface area (Å²) in [6, 6.07) is 0. The van der Waals surface area contributed by atoms with E-state index in [1.165, 1.54) is 0 Å². The molecule has 0 spiro atoms. The molecule has 0 aliphatic carbocycles. The Labute approximate surface area is 58.2 Å². The molecule has 0 atom stereocenters. The molecular formula is C5H9NO4. The fourth-order valence-electron chi connectivity index (χ4n) is 0.289. The highest BCUT2D eigenvalue weighted by atomic mass is 17.2. The van der Waals surface area contributed by atoms with Crippen molar-refractivity contribution < 1.29 is 19.4 Å². The van der Waals surface area contributed by atoms with Crippen LogP contribution in [-0.2, 0) is 14.6 Å². The van der Waals surface area contributed by atoms with Gasteiger partial charge in [-0.2, -0.15) is 4.89 Å². The van der Waals surface area contributed by atoms with Crippen LogP contribution in [0.25, 0.3) is 0 Å². The fourth-order valence-corrected chi connectivity index (χ4v) is 0.289. The summed E-state index contributed by atoms with van der Waals surface area (Å²) in [4.78, 5) is 28.1. The average Bonchev–Trinajstić information content (AvgIpc) is 1.89. The molecule has 5 nitrogen and oxygen atoms in total. The van der Waals surface area contributed by atoms with Crippen molar-refractivity contribution in [2.75, 3.05) is 13.2 Å². The van der Waals surface area contributed by atoms with Crippen molar-refractivity contribution in [3.8, 4) is 0 Å². The van der Waals surface area contributed by atoms with Gasteiger partial charge in [0.25, 0.3) is 0 Å². The molecule has 0 unspecified atom stereocenters. The minimum atomic E-state index is -0.690. The molecule has 5 heteroatoms. The van der Waals surface area contributed by atoms with Gasteiger partial charge in [-0.3, -0.25) is 4.89 Å². The summed E-state index contributed by atoms with van der Waals surface area (Å²) in [6.07, 6.45) is -0.205. The molecular weight excluding hydrogens is 138 g/mol. The molecule has 58 valence electrons. The van der Waals surface area contributed by atoms with Gasteiger partial charge in [0.2, 0.25) is 0 Å². The second kappa shape index (κ2) is 6.03. The fraction of sp³-hybridized carbons (Fsp3) is 0.600. The van der Waals surface area contributed by atoms with Crippen molar-refractivity contribution >= 4 is 12.4 Å². The predicted octanol–water partition coefficient (Wildman–Crippen LogP) is -0.137. The highest BCUT2D eigenvalue weighted by molar-refractivity contribution is 5.66.